The van der Waals surface area contributed by atoms with E-state index in [0.717, 1.165) is 22.5 Å². The van der Waals surface area contributed by atoms with Crippen molar-refractivity contribution in [1.82, 2.24) is 0 Å². The molecular formula is C24H26N2S2. The van der Waals surface area contributed by atoms with Gasteiger partial charge in [-0.2, -0.15) is 27.0 Å². The molecule has 0 aliphatic rings. The Bertz CT molecular complexity index is 877. The largest absolute Gasteiger partial charge is 0.398 e. The second kappa shape index (κ2) is 11.8. The number of rotatable bonds is 2. The van der Waals surface area contributed by atoms with Crippen LogP contribution in [0, 0.1) is 0 Å². The van der Waals surface area contributed by atoms with Crippen LogP contribution in [0.25, 0.3) is 22.3 Å². The third kappa shape index (κ3) is 6.12. The maximum Gasteiger partial charge on any atom is 0.0393 e. The summed E-state index contributed by atoms with van der Waals surface area (Å²) in [7, 11) is 0. The molecular weight excluding hydrogens is 380 g/mol. The van der Waals surface area contributed by atoms with Gasteiger partial charge in [-0.05, 0) is 23.3 Å². The van der Waals surface area contributed by atoms with E-state index in [1.165, 1.54) is 11.1 Å². The first kappa shape index (κ1) is 23.2. The van der Waals surface area contributed by atoms with E-state index >= 15 is 0 Å². The maximum absolute atomic E-state index is 5.85. The van der Waals surface area contributed by atoms with E-state index in [9.17, 15) is 0 Å². The number of benzene rings is 4. The molecule has 4 rings (SSSR count). The van der Waals surface area contributed by atoms with Crippen molar-refractivity contribution in [2.24, 2.45) is 0 Å². The van der Waals surface area contributed by atoms with E-state index in [4.69, 9.17) is 11.5 Å². The molecule has 4 heteroatoms. The third-order valence-corrected chi connectivity index (χ3v) is 4.09. The Morgan fingerprint density at radius 1 is 0.357 bits per heavy atom. The van der Waals surface area contributed by atoms with Crippen LogP contribution >= 0.6 is 27.0 Å². The minimum absolute atomic E-state index is 0. The predicted octanol–water partition coefficient (Wildman–Crippen LogP) is 6.10. The molecule has 2 nitrogen and oxygen atoms in total. The summed E-state index contributed by atoms with van der Waals surface area (Å²) in [5, 5.41) is 0. The Labute approximate surface area is 181 Å². The van der Waals surface area contributed by atoms with Crippen molar-refractivity contribution in [2.75, 3.05) is 11.5 Å². The molecule has 4 aromatic rings. The fraction of sp³-hybridized carbons (Fsp3) is 0. The van der Waals surface area contributed by atoms with Crippen LogP contribution in [-0.4, -0.2) is 0 Å². The summed E-state index contributed by atoms with van der Waals surface area (Å²) in [4.78, 5) is 0. The number of nitrogen functional groups attached to an aromatic ring is 2. The highest BCUT2D eigenvalue weighted by molar-refractivity contribution is 7.59. The lowest BCUT2D eigenvalue weighted by Gasteiger charge is -2.03. The SMILES string of the molecule is Nc1ccccc1-c1ccccc1.Nc1ccccc1-c1ccccc1.S.S. The van der Waals surface area contributed by atoms with Crippen LogP contribution < -0.4 is 11.5 Å². The summed E-state index contributed by atoms with van der Waals surface area (Å²) in [6, 6.07) is 36.1. The Morgan fingerprint density at radius 2 is 0.643 bits per heavy atom. The Balaban J connectivity index is 0.000000261. The van der Waals surface area contributed by atoms with Gasteiger partial charge in [0.05, 0.1) is 0 Å². The Hall–Kier alpha value is -2.82. The van der Waals surface area contributed by atoms with Crippen molar-refractivity contribution in [3.8, 4) is 22.3 Å². The molecule has 0 heterocycles. The van der Waals surface area contributed by atoms with Crippen molar-refractivity contribution < 1.29 is 0 Å². The summed E-state index contributed by atoms with van der Waals surface area (Å²) in [6.07, 6.45) is 0. The summed E-state index contributed by atoms with van der Waals surface area (Å²) >= 11 is 0. The van der Waals surface area contributed by atoms with Crippen LogP contribution in [0.2, 0.25) is 0 Å². The second-order valence-corrected chi connectivity index (χ2v) is 5.91. The van der Waals surface area contributed by atoms with Crippen LogP contribution in [-0.2, 0) is 0 Å². The second-order valence-electron chi connectivity index (χ2n) is 5.91. The van der Waals surface area contributed by atoms with Gasteiger partial charge in [-0.25, -0.2) is 0 Å². The average molecular weight is 407 g/mol. The molecule has 0 amide bonds. The monoisotopic (exact) mass is 406 g/mol. The number of para-hydroxylation sites is 2. The first-order valence-corrected chi connectivity index (χ1v) is 8.55. The van der Waals surface area contributed by atoms with E-state index in [-0.39, 0.29) is 27.0 Å². The molecule has 28 heavy (non-hydrogen) atoms. The van der Waals surface area contributed by atoms with Gasteiger partial charge in [-0.3, -0.25) is 0 Å². The molecule has 0 saturated carbocycles. The van der Waals surface area contributed by atoms with Gasteiger partial charge in [0, 0.05) is 22.5 Å². The molecule has 0 aromatic heterocycles. The van der Waals surface area contributed by atoms with E-state index in [2.05, 4.69) is 24.3 Å². The molecule has 0 saturated heterocycles. The highest BCUT2D eigenvalue weighted by Gasteiger charge is 1.99. The van der Waals surface area contributed by atoms with Crippen molar-refractivity contribution in [1.29, 1.82) is 0 Å². The van der Waals surface area contributed by atoms with Crippen LogP contribution in [0.1, 0.15) is 0 Å². The van der Waals surface area contributed by atoms with Gasteiger partial charge in [0.1, 0.15) is 0 Å². The smallest absolute Gasteiger partial charge is 0.0393 e. The van der Waals surface area contributed by atoms with Crippen molar-refractivity contribution in [2.45, 2.75) is 0 Å². The standard InChI is InChI=1S/2C12H11N.2H2S/c2*13-12-9-5-4-8-11(12)10-6-2-1-3-7-10;;/h2*1-9H,13H2;2*1H2. The van der Waals surface area contributed by atoms with Crippen LogP contribution in [0.3, 0.4) is 0 Å². The van der Waals surface area contributed by atoms with Crippen molar-refractivity contribution >= 4 is 38.4 Å². The minimum atomic E-state index is 0. The quantitative estimate of drug-likeness (QED) is 0.395. The molecule has 4 N–H and O–H groups in total. The van der Waals surface area contributed by atoms with Gasteiger partial charge < -0.3 is 11.5 Å². The first-order valence-electron chi connectivity index (χ1n) is 8.55. The van der Waals surface area contributed by atoms with Crippen molar-refractivity contribution in [3.05, 3.63) is 109 Å². The molecule has 144 valence electrons. The fourth-order valence-corrected chi connectivity index (χ4v) is 2.76. The Morgan fingerprint density at radius 3 is 0.964 bits per heavy atom. The lowest BCUT2D eigenvalue weighted by molar-refractivity contribution is 1.61. The van der Waals surface area contributed by atoms with Gasteiger partial charge >= 0.3 is 0 Å². The summed E-state index contributed by atoms with van der Waals surface area (Å²) in [6.45, 7) is 0. The van der Waals surface area contributed by atoms with E-state index in [0.29, 0.717) is 0 Å². The zero-order chi connectivity index (χ0) is 18.2. The van der Waals surface area contributed by atoms with Crippen LogP contribution in [0.15, 0.2) is 109 Å². The first-order chi connectivity index (χ1) is 12.8. The predicted molar refractivity (Wildman–Crippen MR) is 133 cm³/mol. The molecule has 0 unspecified atom stereocenters. The Kier molecular flexibility index (Phi) is 9.79. The summed E-state index contributed by atoms with van der Waals surface area (Å²) in [5.74, 6) is 0. The molecule has 0 fully saturated rings. The number of hydrogen-bond donors (Lipinski definition) is 2. The highest BCUT2D eigenvalue weighted by atomic mass is 32.1. The van der Waals surface area contributed by atoms with Gasteiger partial charge in [0.15, 0.2) is 0 Å². The number of nitrogens with two attached hydrogens (primary N) is 2. The number of hydrogen-bond acceptors (Lipinski definition) is 2. The molecule has 0 spiro atoms. The molecule has 0 bridgehead atoms. The van der Waals surface area contributed by atoms with Gasteiger partial charge in [0.2, 0.25) is 0 Å². The maximum atomic E-state index is 5.85. The van der Waals surface area contributed by atoms with E-state index in [1.54, 1.807) is 0 Å². The zero-order valence-corrected chi connectivity index (χ0v) is 17.5. The van der Waals surface area contributed by atoms with Gasteiger partial charge in [-0.1, -0.05) is 97.1 Å². The molecule has 4 aromatic carbocycles. The van der Waals surface area contributed by atoms with E-state index < -0.39 is 0 Å². The minimum Gasteiger partial charge on any atom is -0.398 e. The molecule has 0 atom stereocenters. The average Bonchev–Trinajstić information content (AvgIpc) is 2.71. The lowest BCUT2D eigenvalue weighted by Crippen LogP contribution is -1.88. The summed E-state index contributed by atoms with van der Waals surface area (Å²) < 4.78 is 0. The van der Waals surface area contributed by atoms with Gasteiger partial charge in [-0.15, -0.1) is 0 Å². The number of anilines is 2. The summed E-state index contributed by atoms with van der Waals surface area (Å²) in [5.41, 5.74) is 17.9. The normalized spacial score (nSPS) is 9.14. The van der Waals surface area contributed by atoms with Crippen LogP contribution in [0.5, 0.6) is 0 Å². The van der Waals surface area contributed by atoms with Gasteiger partial charge in [0.25, 0.3) is 0 Å². The molecule has 0 aliphatic carbocycles. The topological polar surface area (TPSA) is 52.0 Å². The van der Waals surface area contributed by atoms with E-state index in [1.807, 2.05) is 84.9 Å². The fourth-order valence-electron chi connectivity index (χ4n) is 2.76. The lowest BCUT2D eigenvalue weighted by atomic mass is 10.0. The van der Waals surface area contributed by atoms with Crippen molar-refractivity contribution in [3.63, 3.8) is 0 Å². The highest BCUT2D eigenvalue weighted by Crippen LogP contribution is 2.25. The third-order valence-electron chi connectivity index (χ3n) is 4.09. The van der Waals surface area contributed by atoms with Crippen LogP contribution in [0.4, 0.5) is 11.4 Å². The molecule has 0 aliphatic heterocycles. The zero-order valence-electron chi connectivity index (χ0n) is 15.5. The molecule has 0 radical (unpaired) electrons.